The zero-order valence-corrected chi connectivity index (χ0v) is 24.3. The van der Waals surface area contributed by atoms with Gasteiger partial charge in [-0.15, -0.1) is 11.3 Å². The molecular formula is C30H39N3O5S. The second-order valence-corrected chi connectivity index (χ2v) is 11.9. The van der Waals surface area contributed by atoms with Crippen LogP contribution in [0, 0.1) is 0 Å². The lowest BCUT2D eigenvalue weighted by molar-refractivity contribution is -0.142. The highest BCUT2D eigenvalue weighted by Crippen LogP contribution is 2.21. The summed E-state index contributed by atoms with van der Waals surface area (Å²) in [7, 11) is 3.13. The van der Waals surface area contributed by atoms with Crippen molar-refractivity contribution in [3.63, 3.8) is 0 Å². The smallest absolute Gasteiger partial charge is 0.410 e. The Bertz CT molecular complexity index is 1270. The number of hydrogen-bond acceptors (Lipinski definition) is 6. The molecule has 9 heteroatoms. The molecule has 2 aromatic carbocycles. The molecule has 3 amide bonds. The molecule has 0 bridgehead atoms. The molecule has 0 unspecified atom stereocenters. The Morgan fingerprint density at radius 2 is 1.64 bits per heavy atom. The number of ether oxygens (including phenoxy) is 1. The molecular weight excluding hydrogens is 514 g/mol. The predicted molar refractivity (Wildman–Crippen MR) is 155 cm³/mol. The molecule has 0 aliphatic heterocycles. The van der Waals surface area contributed by atoms with Crippen molar-refractivity contribution in [1.82, 2.24) is 15.1 Å². The summed E-state index contributed by atoms with van der Waals surface area (Å²) in [5, 5.41) is 16.5. The molecule has 0 radical (unpaired) electrons. The van der Waals surface area contributed by atoms with Crippen molar-refractivity contribution < 1.29 is 24.2 Å². The Morgan fingerprint density at radius 3 is 2.26 bits per heavy atom. The first kappa shape index (κ1) is 30.1. The normalized spacial score (nSPS) is 13.8. The van der Waals surface area contributed by atoms with Gasteiger partial charge in [-0.25, -0.2) is 4.79 Å². The summed E-state index contributed by atoms with van der Waals surface area (Å²) in [5.41, 5.74) is 0.139. The van der Waals surface area contributed by atoms with E-state index in [9.17, 15) is 19.5 Å². The van der Waals surface area contributed by atoms with Crippen molar-refractivity contribution in [2.24, 2.45) is 0 Å². The van der Waals surface area contributed by atoms with Gasteiger partial charge in [0.15, 0.2) is 0 Å². The molecule has 0 aliphatic carbocycles. The fourth-order valence-corrected chi connectivity index (χ4v) is 4.96. The maximum absolute atomic E-state index is 14.1. The van der Waals surface area contributed by atoms with Gasteiger partial charge in [0.2, 0.25) is 11.8 Å². The molecule has 0 aliphatic rings. The van der Waals surface area contributed by atoms with Gasteiger partial charge in [0.1, 0.15) is 17.7 Å². The number of fused-ring (bicyclic) bond motifs is 1. The lowest BCUT2D eigenvalue weighted by atomic mass is 9.99. The van der Waals surface area contributed by atoms with Gasteiger partial charge >= 0.3 is 6.09 Å². The summed E-state index contributed by atoms with van der Waals surface area (Å²) in [6.07, 6.45) is -0.797. The van der Waals surface area contributed by atoms with E-state index in [-0.39, 0.29) is 24.8 Å². The summed E-state index contributed by atoms with van der Waals surface area (Å²) < 4.78 is 5.59. The van der Waals surface area contributed by atoms with Crippen LogP contribution in [0.4, 0.5) is 4.79 Å². The Morgan fingerprint density at radius 1 is 0.949 bits per heavy atom. The zero-order valence-electron chi connectivity index (χ0n) is 23.5. The Labute approximate surface area is 234 Å². The van der Waals surface area contributed by atoms with Crippen LogP contribution < -0.4 is 5.32 Å². The minimum absolute atomic E-state index is 0.0696. The number of benzene rings is 2. The van der Waals surface area contributed by atoms with Crippen molar-refractivity contribution in [3.8, 4) is 0 Å². The van der Waals surface area contributed by atoms with E-state index in [1.165, 1.54) is 21.1 Å². The van der Waals surface area contributed by atoms with Crippen LogP contribution in [0.25, 0.3) is 10.8 Å². The number of nitrogens with zero attached hydrogens (tertiary/aromatic N) is 2. The lowest BCUT2D eigenvalue weighted by Crippen LogP contribution is -2.56. The zero-order chi connectivity index (χ0) is 28.7. The molecule has 2 N–H and O–H groups in total. The number of carbonyl (C=O) groups excluding carboxylic acids is 3. The maximum Gasteiger partial charge on any atom is 0.410 e. The molecule has 3 aromatic rings. The van der Waals surface area contributed by atoms with Crippen LogP contribution in [0.3, 0.4) is 0 Å². The molecule has 210 valence electrons. The quantitative estimate of drug-likeness (QED) is 0.391. The number of thiophene rings is 1. The van der Waals surface area contributed by atoms with Gasteiger partial charge in [-0.1, -0.05) is 48.5 Å². The molecule has 0 fully saturated rings. The third-order valence-corrected chi connectivity index (χ3v) is 7.24. The average Bonchev–Trinajstić information content (AvgIpc) is 3.40. The molecule has 8 nitrogen and oxygen atoms in total. The first-order chi connectivity index (χ1) is 18.4. The number of nitrogens with one attached hydrogen (secondary N) is 1. The highest BCUT2D eigenvalue weighted by molar-refractivity contribution is 7.09. The van der Waals surface area contributed by atoms with Gasteiger partial charge < -0.3 is 20.1 Å². The highest BCUT2D eigenvalue weighted by atomic mass is 32.1. The minimum atomic E-state index is -0.915. The number of aliphatic hydroxyl groups is 1. The summed E-state index contributed by atoms with van der Waals surface area (Å²) in [6.45, 7) is 6.97. The van der Waals surface area contributed by atoms with Gasteiger partial charge in [0.05, 0.1) is 6.10 Å². The number of carbonyl (C=O) groups is 3. The molecule has 0 saturated carbocycles. The van der Waals surface area contributed by atoms with Crippen molar-refractivity contribution >= 4 is 40.0 Å². The first-order valence-electron chi connectivity index (χ1n) is 13.0. The van der Waals surface area contributed by atoms with Crippen LogP contribution in [-0.4, -0.2) is 77.2 Å². The number of aliphatic hydroxyl groups excluding tert-OH is 1. The Kier molecular flexibility index (Phi) is 10.1. The summed E-state index contributed by atoms with van der Waals surface area (Å²) in [6, 6.07) is 16.0. The van der Waals surface area contributed by atoms with Crippen LogP contribution in [-0.2, 0) is 27.2 Å². The monoisotopic (exact) mass is 553 g/mol. The topological polar surface area (TPSA) is 99.2 Å². The van der Waals surface area contributed by atoms with Gasteiger partial charge in [-0.3, -0.25) is 14.5 Å². The number of hydrogen-bond donors (Lipinski definition) is 2. The van der Waals surface area contributed by atoms with Crippen LogP contribution in [0.5, 0.6) is 0 Å². The standard InChI is InChI=1S/C30H39N3O5S/c1-20(34)19-31-27(35)25(18-24-12-9-15-39-24)32(5)28(36)26(33(6)29(37)38-30(2,3)4)17-21-13-14-22-10-7-8-11-23(22)16-21/h7-16,20,25-26,34H,17-19H2,1-6H3,(H,31,35)/t20-,25+,26+/m0/s1. The lowest BCUT2D eigenvalue weighted by Gasteiger charge is -2.35. The molecule has 3 rings (SSSR count). The summed E-state index contributed by atoms with van der Waals surface area (Å²) in [4.78, 5) is 44.1. The summed E-state index contributed by atoms with van der Waals surface area (Å²) >= 11 is 1.50. The number of likely N-dealkylation sites (N-methyl/N-ethyl adjacent to an activating group) is 2. The second-order valence-electron chi connectivity index (χ2n) is 10.8. The highest BCUT2D eigenvalue weighted by Gasteiger charge is 2.36. The van der Waals surface area contributed by atoms with Gasteiger partial charge in [-0.2, -0.15) is 0 Å². The fourth-order valence-electron chi connectivity index (χ4n) is 4.22. The molecule has 0 saturated heterocycles. The number of amides is 3. The van der Waals surface area contributed by atoms with Gasteiger partial charge in [0, 0.05) is 38.4 Å². The van der Waals surface area contributed by atoms with Gasteiger partial charge in [-0.05, 0) is 55.5 Å². The van der Waals surface area contributed by atoms with Crippen molar-refractivity contribution in [1.29, 1.82) is 0 Å². The Hall–Kier alpha value is -3.43. The number of rotatable bonds is 10. The molecule has 3 atom stereocenters. The largest absolute Gasteiger partial charge is 0.444 e. The third-order valence-electron chi connectivity index (χ3n) is 6.34. The SMILES string of the molecule is C[C@H](O)CNC(=O)[C@@H](Cc1cccs1)N(C)C(=O)[C@@H](Cc1ccc2ccccc2c1)N(C)C(=O)OC(C)(C)C. The van der Waals surface area contributed by atoms with Crippen molar-refractivity contribution in [3.05, 3.63) is 70.4 Å². The van der Waals surface area contributed by atoms with Crippen LogP contribution >= 0.6 is 11.3 Å². The second kappa shape index (κ2) is 13.1. The van der Waals surface area contributed by atoms with Crippen LogP contribution in [0.1, 0.15) is 38.1 Å². The third kappa shape index (κ3) is 8.53. The van der Waals surface area contributed by atoms with E-state index in [0.29, 0.717) is 6.42 Å². The average molecular weight is 554 g/mol. The van der Waals surface area contributed by atoms with E-state index in [1.54, 1.807) is 41.8 Å². The molecule has 1 aromatic heterocycles. The first-order valence-corrected chi connectivity index (χ1v) is 13.9. The van der Waals surface area contributed by atoms with Gasteiger partial charge in [0.25, 0.3) is 0 Å². The van der Waals surface area contributed by atoms with Crippen LogP contribution in [0.2, 0.25) is 0 Å². The van der Waals surface area contributed by atoms with Crippen LogP contribution in [0.15, 0.2) is 60.0 Å². The van der Waals surface area contributed by atoms with E-state index in [1.807, 2.05) is 60.0 Å². The fraction of sp³-hybridized carbons (Fsp3) is 0.433. The van der Waals surface area contributed by atoms with Crippen molar-refractivity contribution in [2.75, 3.05) is 20.6 Å². The minimum Gasteiger partial charge on any atom is -0.444 e. The van der Waals surface area contributed by atoms with E-state index in [2.05, 4.69) is 5.32 Å². The molecule has 0 spiro atoms. The Balaban J connectivity index is 1.94. The van der Waals surface area contributed by atoms with E-state index in [0.717, 1.165) is 21.2 Å². The van der Waals surface area contributed by atoms with Crippen molar-refractivity contribution in [2.45, 2.75) is 64.3 Å². The predicted octanol–water partition coefficient (Wildman–Crippen LogP) is 4.25. The summed E-state index contributed by atoms with van der Waals surface area (Å²) in [5.74, 6) is -0.755. The van der Waals surface area contributed by atoms with E-state index >= 15 is 0 Å². The van der Waals surface area contributed by atoms with E-state index < -0.39 is 29.9 Å². The maximum atomic E-state index is 14.1. The molecule has 1 heterocycles. The molecule has 39 heavy (non-hydrogen) atoms. The van der Waals surface area contributed by atoms with E-state index in [4.69, 9.17) is 4.74 Å².